The summed E-state index contributed by atoms with van der Waals surface area (Å²) in [6.07, 6.45) is 6.13. The monoisotopic (exact) mass is 192 g/mol. The van der Waals surface area contributed by atoms with Crippen molar-refractivity contribution in [2.75, 3.05) is 0 Å². The van der Waals surface area contributed by atoms with Crippen molar-refractivity contribution in [3.05, 3.63) is 35.8 Å². The van der Waals surface area contributed by atoms with E-state index in [0.717, 1.165) is 0 Å². The van der Waals surface area contributed by atoms with Gasteiger partial charge in [-0.3, -0.25) is 0 Å². The average Bonchev–Trinajstić information content (AvgIpc) is 1.86. The molecule has 0 aliphatic carbocycles. The van der Waals surface area contributed by atoms with E-state index in [4.69, 9.17) is 10.7 Å². The Balaban J connectivity index is 4.49. The smallest absolute Gasteiger partial charge is 0.207 e. The van der Waals surface area contributed by atoms with Crippen LogP contribution in [0.1, 0.15) is 6.92 Å². The first-order valence-electron chi connectivity index (χ1n) is 2.89. The highest BCUT2D eigenvalue weighted by Crippen LogP contribution is 2.09. The summed E-state index contributed by atoms with van der Waals surface area (Å²) in [5.41, 5.74) is 0. The van der Waals surface area contributed by atoms with Crippen LogP contribution in [0.4, 0.5) is 0 Å². The van der Waals surface area contributed by atoms with Crippen molar-refractivity contribution in [3.8, 4) is 0 Å². The van der Waals surface area contributed by atoms with Crippen LogP contribution in [0.3, 0.4) is 0 Å². The lowest BCUT2D eigenvalue weighted by molar-refractivity contribution is 0.615. The number of rotatable bonds is 3. The van der Waals surface area contributed by atoms with Crippen LogP contribution in [-0.4, -0.2) is 8.42 Å². The Hall–Kier alpha value is -0.540. The minimum atomic E-state index is -3.54. The van der Waals surface area contributed by atoms with Gasteiger partial charge in [-0.05, 0) is 13.0 Å². The fourth-order valence-electron chi connectivity index (χ4n) is 0.351. The highest BCUT2D eigenvalue weighted by molar-refractivity contribution is 8.16. The molecule has 0 heterocycles. The Morgan fingerprint density at radius 1 is 1.45 bits per heavy atom. The third kappa shape index (κ3) is 4.81. The van der Waals surface area contributed by atoms with E-state index >= 15 is 0 Å². The van der Waals surface area contributed by atoms with Crippen LogP contribution in [0.25, 0.3) is 0 Å². The number of allylic oxidation sites excluding steroid dienone is 5. The minimum absolute atomic E-state index is 0.122. The molecule has 0 aromatic carbocycles. The van der Waals surface area contributed by atoms with Crippen molar-refractivity contribution in [2.45, 2.75) is 6.92 Å². The van der Waals surface area contributed by atoms with Gasteiger partial charge in [-0.15, -0.1) is 0 Å². The largest absolute Gasteiger partial charge is 0.257 e. The van der Waals surface area contributed by atoms with Gasteiger partial charge < -0.3 is 0 Å². The van der Waals surface area contributed by atoms with Crippen LogP contribution in [-0.2, 0) is 9.05 Å². The maximum atomic E-state index is 10.6. The van der Waals surface area contributed by atoms with E-state index in [-0.39, 0.29) is 4.91 Å². The van der Waals surface area contributed by atoms with Crippen LogP contribution in [0.5, 0.6) is 0 Å². The Bertz CT molecular complexity index is 286. The highest BCUT2D eigenvalue weighted by Gasteiger charge is 2.05. The molecule has 4 heteroatoms. The Morgan fingerprint density at radius 2 is 2.00 bits per heavy atom. The van der Waals surface area contributed by atoms with Crippen molar-refractivity contribution in [1.82, 2.24) is 0 Å². The summed E-state index contributed by atoms with van der Waals surface area (Å²) in [6.45, 7) is 4.85. The fraction of sp³-hybridized carbons (Fsp3) is 0.143. The third-order valence-corrected chi connectivity index (χ3v) is 2.60. The molecule has 2 nitrogen and oxygen atoms in total. The molecular formula is C7H9ClO2S. The molecule has 0 aliphatic rings. The first-order valence-corrected chi connectivity index (χ1v) is 5.20. The van der Waals surface area contributed by atoms with Crippen LogP contribution < -0.4 is 0 Å². The average molecular weight is 193 g/mol. The van der Waals surface area contributed by atoms with E-state index in [1.165, 1.54) is 13.0 Å². The Kier molecular flexibility index (Phi) is 4.15. The normalized spacial score (nSPS) is 13.8. The van der Waals surface area contributed by atoms with Gasteiger partial charge in [0, 0.05) is 10.7 Å². The first kappa shape index (κ1) is 10.5. The Morgan fingerprint density at radius 3 is 2.36 bits per heavy atom. The van der Waals surface area contributed by atoms with E-state index in [1.807, 2.05) is 0 Å². The van der Waals surface area contributed by atoms with E-state index in [2.05, 4.69) is 6.58 Å². The van der Waals surface area contributed by atoms with Gasteiger partial charge in [0.25, 0.3) is 9.05 Å². The van der Waals surface area contributed by atoms with Crippen molar-refractivity contribution < 1.29 is 8.42 Å². The second-order valence-electron chi connectivity index (χ2n) is 1.84. The summed E-state index contributed by atoms with van der Waals surface area (Å²) in [5.74, 6) is 0. The molecule has 0 atom stereocenters. The SMILES string of the molecule is C=C/C=C\C=C(/C)S(=O)(=O)Cl. The predicted molar refractivity (Wildman–Crippen MR) is 47.9 cm³/mol. The van der Waals surface area contributed by atoms with Crippen LogP contribution in [0.15, 0.2) is 35.8 Å². The molecule has 0 radical (unpaired) electrons. The number of hydrogen-bond acceptors (Lipinski definition) is 2. The first-order chi connectivity index (χ1) is 4.98. The predicted octanol–water partition coefficient (Wildman–Crippen LogP) is 2.20. The van der Waals surface area contributed by atoms with Gasteiger partial charge in [0.05, 0.1) is 4.91 Å². The van der Waals surface area contributed by atoms with Crippen LogP contribution in [0, 0.1) is 0 Å². The molecule has 0 unspecified atom stereocenters. The van der Waals surface area contributed by atoms with Crippen molar-refractivity contribution >= 4 is 19.7 Å². The summed E-state index contributed by atoms with van der Waals surface area (Å²) >= 11 is 0. The van der Waals surface area contributed by atoms with E-state index in [9.17, 15) is 8.42 Å². The van der Waals surface area contributed by atoms with Crippen molar-refractivity contribution in [1.29, 1.82) is 0 Å². The molecule has 0 bridgehead atoms. The summed E-state index contributed by atoms with van der Waals surface area (Å²) in [5, 5.41) is 0. The van der Waals surface area contributed by atoms with Gasteiger partial charge >= 0.3 is 0 Å². The van der Waals surface area contributed by atoms with Gasteiger partial charge in [-0.25, -0.2) is 8.42 Å². The molecule has 0 spiro atoms. The fourth-order valence-corrected chi connectivity index (χ4v) is 0.746. The van der Waals surface area contributed by atoms with Crippen LogP contribution >= 0.6 is 10.7 Å². The molecule has 0 fully saturated rings. The topological polar surface area (TPSA) is 34.1 Å². The van der Waals surface area contributed by atoms with E-state index in [0.29, 0.717) is 0 Å². The van der Waals surface area contributed by atoms with Gasteiger partial charge in [-0.1, -0.05) is 24.8 Å². The second kappa shape index (κ2) is 4.36. The van der Waals surface area contributed by atoms with Gasteiger partial charge in [0.2, 0.25) is 0 Å². The molecule has 0 aromatic rings. The van der Waals surface area contributed by atoms with Gasteiger partial charge in [0.15, 0.2) is 0 Å². The van der Waals surface area contributed by atoms with Crippen molar-refractivity contribution in [2.24, 2.45) is 0 Å². The zero-order valence-electron chi connectivity index (χ0n) is 6.12. The lowest BCUT2D eigenvalue weighted by atomic mass is 10.4. The lowest BCUT2D eigenvalue weighted by Gasteiger charge is -1.89. The third-order valence-electron chi connectivity index (χ3n) is 0.963. The summed E-state index contributed by atoms with van der Waals surface area (Å²) in [4.78, 5) is 0.122. The zero-order chi connectivity index (χ0) is 8.91. The molecule has 62 valence electrons. The highest BCUT2D eigenvalue weighted by atomic mass is 35.7. The number of hydrogen-bond donors (Lipinski definition) is 0. The zero-order valence-corrected chi connectivity index (χ0v) is 7.69. The van der Waals surface area contributed by atoms with Gasteiger partial charge in [-0.2, -0.15) is 0 Å². The summed E-state index contributed by atoms with van der Waals surface area (Å²) in [7, 11) is 1.47. The Labute approximate surface area is 71.3 Å². The number of halogens is 1. The molecule has 0 saturated carbocycles. The van der Waals surface area contributed by atoms with E-state index in [1.54, 1.807) is 18.2 Å². The molecule has 11 heavy (non-hydrogen) atoms. The molecular weight excluding hydrogens is 184 g/mol. The minimum Gasteiger partial charge on any atom is -0.207 e. The van der Waals surface area contributed by atoms with Crippen molar-refractivity contribution in [3.63, 3.8) is 0 Å². The quantitative estimate of drug-likeness (QED) is 0.508. The maximum Gasteiger partial charge on any atom is 0.257 e. The molecule has 0 aliphatic heterocycles. The summed E-state index contributed by atoms with van der Waals surface area (Å²) in [6, 6.07) is 0. The van der Waals surface area contributed by atoms with E-state index < -0.39 is 9.05 Å². The lowest BCUT2D eigenvalue weighted by Crippen LogP contribution is -1.88. The molecule has 0 aromatic heterocycles. The summed E-state index contributed by atoms with van der Waals surface area (Å²) < 4.78 is 21.1. The van der Waals surface area contributed by atoms with Gasteiger partial charge in [0.1, 0.15) is 0 Å². The molecule has 0 N–H and O–H groups in total. The van der Waals surface area contributed by atoms with Crippen LogP contribution in [0.2, 0.25) is 0 Å². The molecule has 0 rings (SSSR count). The second-order valence-corrected chi connectivity index (χ2v) is 4.57. The molecule has 0 amide bonds. The standard InChI is InChI=1S/C7H9ClO2S/c1-3-4-5-6-7(2)11(8,9)10/h3-6H,1H2,2H3/b5-4-,7-6+. The molecule has 0 saturated heterocycles. The maximum absolute atomic E-state index is 10.6.